The van der Waals surface area contributed by atoms with Crippen LogP contribution in [0.2, 0.25) is 10.0 Å². The summed E-state index contributed by atoms with van der Waals surface area (Å²) in [7, 11) is 0. The van der Waals surface area contributed by atoms with E-state index in [9.17, 15) is 4.79 Å². The quantitative estimate of drug-likeness (QED) is 0.448. The van der Waals surface area contributed by atoms with E-state index in [1.54, 1.807) is 36.7 Å². The largest absolute Gasteiger partial charge is 0.325 e. The highest BCUT2D eigenvalue weighted by Gasteiger charge is 2.15. The van der Waals surface area contributed by atoms with Gasteiger partial charge in [0, 0.05) is 40.2 Å². The first kappa shape index (κ1) is 19.4. The molecule has 0 aliphatic rings. The lowest BCUT2D eigenvalue weighted by Gasteiger charge is -2.08. The summed E-state index contributed by atoms with van der Waals surface area (Å²) in [5, 5.41) is 12.8. The van der Waals surface area contributed by atoms with Gasteiger partial charge in [-0.05, 0) is 30.3 Å². The molecule has 2 heterocycles. The first-order chi connectivity index (χ1) is 13.1. The smallest absolute Gasteiger partial charge is 0.234 e. The number of hydrogen-bond donors (Lipinski definition) is 1. The molecule has 0 unspecified atom stereocenters. The van der Waals surface area contributed by atoms with Gasteiger partial charge in [0.25, 0.3) is 0 Å². The molecular formula is C18H15Cl2N5OS. The number of nitrogens with one attached hydrogen (secondary N) is 1. The SMILES string of the molecule is C=CCn1c(SCC(=O)Nc2cc(Cl)cc(Cl)c2)nnc1-c1ccncc1. The Morgan fingerprint density at radius 1 is 1.19 bits per heavy atom. The van der Waals surface area contributed by atoms with Crippen molar-refractivity contribution in [2.24, 2.45) is 0 Å². The maximum Gasteiger partial charge on any atom is 0.234 e. The fraction of sp³-hybridized carbons (Fsp3) is 0.111. The predicted octanol–water partition coefficient (Wildman–Crippen LogP) is 4.56. The zero-order chi connectivity index (χ0) is 19.2. The second-order valence-electron chi connectivity index (χ2n) is 5.44. The number of carbonyl (C=O) groups is 1. The Hall–Kier alpha value is -2.35. The number of anilines is 1. The maximum absolute atomic E-state index is 12.3. The lowest BCUT2D eigenvalue weighted by Crippen LogP contribution is -2.14. The van der Waals surface area contributed by atoms with Crippen LogP contribution < -0.4 is 5.32 Å². The zero-order valence-electron chi connectivity index (χ0n) is 14.1. The van der Waals surface area contributed by atoms with Gasteiger partial charge < -0.3 is 5.32 Å². The second kappa shape index (κ2) is 9.03. The van der Waals surface area contributed by atoms with Gasteiger partial charge in [0.1, 0.15) is 0 Å². The molecule has 138 valence electrons. The predicted molar refractivity (Wildman–Crippen MR) is 109 cm³/mol. The highest BCUT2D eigenvalue weighted by Crippen LogP contribution is 2.25. The summed E-state index contributed by atoms with van der Waals surface area (Å²) >= 11 is 13.2. The molecule has 1 aromatic carbocycles. The van der Waals surface area contributed by atoms with Crippen LogP contribution in [0, 0.1) is 0 Å². The average Bonchev–Trinajstić information content (AvgIpc) is 3.03. The third kappa shape index (κ3) is 5.09. The molecule has 1 amide bonds. The number of hydrogen-bond acceptors (Lipinski definition) is 5. The van der Waals surface area contributed by atoms with Crippen LogP contribution in [-0.2, 0) is 11.3 Å². The standard InChI is InChI=1S/C18H15Cl2N5OS/c1-2-7-25-17(12-3-5-21-6-4-12)23-24-18(25)27-11-16(26)22-15-9-13(19)8-14(20)10-15/h2-6,8-10H,1,7,11H2,(H,22,26). The minimum absolute atomic E-state index is 0.162. The summed E-state index contributed by atoms with van der Waals surface area (Å²) in [6, 6.07) is 8.59. The summed E-state index contributed by atoms with van der Waals surface area (Å²) in [6.07, 6.45) is 5.14. The summed E-state index contributed by atoms with van der Waals surface area (Å²) in [6.45, 7) is 4.30. The Morgan fingerprint density at radius 2 is 1.89 bits per heavy atom. The molecule has 6 nitrogen and oxygen atoms in total. The molecule has 9 heteroatoms. The third-order valence-electron chi connectivity index (χ3n) is 3.45. The van der Waals surface area contributed by atoms with Gasteiger partial charge in [-0.3, -0.25) is 14.3 Å². The topological polar surface area (TPSA) is 72.7 Å². The van der Waals surface area contributed by atoms with Crippen LogP contribution in [-0.4, -0.2) is 31.4 Å². The molecule has 3 aromatic rings. The first-order valence-corrected chi connectivity index (χ1v) is 9.64. The molecule has 0 saturated heterocycles. The van der Waals surface area contributed by atoms with Gasteiger partial charge in [-0.2, -0.15) is 0 Å². The Kier molecular flexibility index (Phi) is 6.49. The van der Waals surface area contributed by atoms with Gasteiger partial charge in [0.05, 0.1) is 5.75 Å². The van der Waals surface area contributed by atoms with Gasteiger partial charge in [-0.15, -0.1) is 16.8 Å². The van der Waals surface area contributed by atoms with Crippen molar-refractivity contribution in [1.29, 1.82) is 0 Å². The molecule has 0 radical (unpaired) electrons. The Bertz CT molecular complexity index is 941. The number of halogens is 2. The van der Waals surface area contributed by atoms with Crippen LogP contribution in [0.3, 0.4) is 0 Å². The minimum Gasteiger partial charge on any atom is -0.325 e. The van der Waals surface area contributed by atoms with Crippen LogP contribution in [0.5, 0.6) is 0 Å². The Morgan fingerprint density at radius 3 is 2.56 bits per heavy atom. The van der Waals surface area contributed by atoms with Crippen molar-refractivity contribution < 1.29 is 4.79 Å². The second-order valence-corrected chi connectivity index (χ2v) is 7.25. The number of aromatic nitrogens is 4. The van der Waals surface area contributed by atoms with Crippen molar-refractivity contribution in [1.82, 2.24) is 19.7 Å². The lowest BCUT2D eigenvalue weighted by molar-refractivity contribution is -0.113. The van der Waals surface area contributed by atoms with Crippen LogP contribution in [0.25, 0.3) is 11.4 Å². The van der Waals surface area contributed by atoms with E-state index in [2.05, 4.69) is 27.1 Å². The van der Waals surface area contributed by atoms with Crippen molar-refractivity contribution in [3.8, 4) is 11.4 Å². The lowest BCUT2D eigenvalue weighted by atomic mass is 10.2. The highest BCUT2D eigenvalue weighted by atomic mass is 35.5. The van der Waals surface area contributed by atoms with E-state index >= 15 is 0 Å². The maximum atomic E-state index is 12.3. The summed E-state index contributed by atoms with van der Waals surface area (Å²) in [5.41, 5.74) is 1.44. The van der Waals surface area contributed by atoms with Crippen LogP contribution in [0.1, 0.15) is 0 Å². The third-order valence-corrected chi connectivity index (χ3v) is 4.85. The van der Waals surface area contributed by atoms with Gasteiger partial charge in [-0.1, -0.05) is 41.0 Å². The highest BCUT2D eigenvalue weighted by molar-refractivity contribution is 7.99. The molecular weight excluding hydrogens is 405 g/mol. The molecule has 0 aliphatic heterocycles. The zero-order valence-corrected chi connectivity index (χ0v) is 16.4. The molecule has 0 aliphatic carbocycles. The van der Waals surface area contributed by atoms with E-state index in [0.717, 1.165) is 5.56 Å². The number of thioether (sulfide) groups is 1. The van der Waals surface area contributed by atoms with Gasteiger partial charge in [0.15, 0.2) is 11.0 Å². The number of benzene rings is 1. The number of rotatable bonds is 7. The number of pyridine rings is 1. The van der Waals surface area contributed by atoms with E-state index in [4.69, 9.17) is 23.2 Å². The van der Waals surface area contributed by atoms with Crippen molar-refractivity contribution in [3.05, 3.63) is 65.4 Å². The van der Waals surface area contributed by atoms with Gasteiger partial charge >= 0.3 is 0 Å². The van der Waals surface area contributed by atoms with Crippen LogP contribution >= 0.6 is 35.0 Å². The van der Waals surface area contributed by atoms with Crippen molar-refractivity contribution in [2.75, 3.05) is 11.1 Å². The minimum atomic E-state index is -0.197. The first-order valence-electron chi connectivity index (χ1n) is 7.90. The van der Waals surface area contributed by atoms with E-state index in [1.807, 2.05) is 16.7 Å². The average molecular weight is 420 g/mol. The van der Waals surface area contributed by atoms with Crippen molar-refractivity contribution >= 4 is 46.6 Å². The molecule has 0 spiro atoms. The molecule has 3 rings (SSSR count). The van der Waals surface area contributed by atoms with E-state index < -0.39 is 0 Å². The van der Waals surface area contributed by atoms with E-state index in [1.165, 1.54) is 11.8 Å². The number of amides is 1. The Labute approximate surface area is 170 Å². The summed E-state index contributed by atoms with van der Waals surface area (Å²) in [5.74, 6) is 0.661. The summed E-state index contributed by atoms with van der Waals surface area (Å²) in [4.78, 5) is 16.3. The molecule has 0 saturated carbocycles. The summed E-state index contributed by atoms with van der Waals surface area (Å²) < 4.78 is 1.90. The van der Waals surface area contributed by atoms with Crippen LogP contribution in [0.4, 0.5) is 5.69 Å². The Balaban J connectivity index is 1.71. The number of nitrogens with zero attached hydrogens (tertiary/aromatic N) is 4. The molecule has 1 N–H and O–H groups in total. The van der Waals surface area contributed by atoms with Crippen LogP contribution in [0.15, 0.2) is 60.5 Å². The van der Waals surface area contributed by atoms with E-state index in [0.29, 0.717) is 33.3 Å². The van der Waals surface area contributed by atoms with Gasteiger partial charge in [0.2, 0.25) is 5.91 Å². The number of allylic oxidation sites excluding steroid dienone is 1. The normalized spacial score (nSPS) is 10.6. The molecule has 27 heavy (non-hydrogen) atoms. The fourth-order valence-electron chi connectivity index (χ4n) is 2.36. The molecule has 0 atom stereocenters. The monoisotopic (exact) mass is 419 g/mol. The fourth-order valence-corrected chi connectivity index (χ4v) is 3.63. The van der Waals surface area contributed by atoms with Gasteiger partial charge in [-0.25, -0.2) is 0 Å². The molecule has 0 bridgehead atoms. The van der Waals surface area contributed by atoms with Crippen molar-refractivity contribution in [3.63, 3.8) is 0 Å². The van der Waals surface area contributed by atoms with E-state index in [-0.39, 0.29) is 11.7 Å². The molecule has 2 aromatic heterocycles. The van der Waals surface area contributed by atoms with Crippen molar-refractivity contribution in [2.45, 2.75) is 11.7 Å². The number of carbonyl (C=O) groups excluding carboxylic acids is 1. The molecule has 0 fully saturated rings.